The number of carbonyl (C=O) groups excluding carboxylic acids is 3. The van der Waals surface area contributed by atoms with Crippen molar-refractivity contribution in [3.05, 3.63) is 65.2 Å². The van der Waals surface area contributed by atoms with Crippen LogP contribution in [-0.2, 0) is 16.1 Å². The van der Waals surface area contributed by atoms with Crippen LogP contribution in [0.3, 0.4) is 0 Å². The normalized spacial score (nSPS) is 17.0. The van der Waals surface area contributed by atoms with E-state index in [1.54, 1.807) is 35.9 Å². The van der Waals surface area contributed by atoms with Gasteiger partial charge in [0, 0.05) is 12.1 Å². The average molecular weight is 520 g/mol. The van der Waals surface area contributed by atoms with Crippen molar-refractivity contribution in [3.8, 4) is 17.0 Å². The summed E-state index contributed by atoms with van der Waals surface area (Å²) in [5, 5.41) is 7.57. The molecule has 2 atom stereocenters. The maximum absolute atomic E-state index is 12.6. The van der Waals surface area contributed by atoms with Gasteiger partial charge in [0.15, 0.2) is 0 Å². The number of primary amides is 1. The Labute approximate surface area is 221 Å². The second-order valence-corrected chi connectivity index (χ2v) is 9.27. The summed E-state index contributed by atoms with van der Waals surface area (Å²) >= 11 is 0. The maximum Gasteiger partial charge on any atom is 0.308 e. The fraction of sp³-hybridized carbons (Fsp3) is 0.357. The summed E-state index contributed by atoms with van der Waals surface area (Å²) in [5.74, 6) is -0.679. The number of rotatable bonds is 9. The van der Waals surface area contributed by atoms with Crippen LogP contribution in [0, 0.1) is 5.92 Å². The minimum atomic E-state index is -0.672. The van der Waals surface area contributed by atoms with E-state index in [1.165, 1.54) is 7.11 Å². The smallest absolute Gasteiger partial charge is 0.308 e. The third-order valence-electron chi connectivity index (χ3n) is 6.84. The largest absolute Gasteiger partial charge is 0.496 e. The number of amides is 2. The van der Waals surface area contributed by atoms with Gasteiger partial charge < -0.3 is 26.3 Å². The van der Waals surface area contributed by atoms with Gasteiger partial charge in [-0.3, -0.25) is 14.4 Å². The van der Waals surface area contributed by atoms with Gasteiger partial charge in [0.05, 0.1) is 31.2 Å². The van der Waals surface area contributed by atoms with Crippen molar-refractivity contribution in [2.75, 3.05) is 19.5 Å². The molecule has 10 heteroatoms. The van der Waals surface area contributed by atoms with Crippen LogP contribution >= 0.6 is 0 Å². The lowest BCUT2D eigenvalue weighted by Crippen LogP contribution is -2.27. The third kappa shape index (κ3) is 5.64. The number of nitrogens with zero attached hydrogens (tertiary/aromatic N) is 2. The lowest BCUT2D eigenvalue weighted by Gasteiger charge is -2.28. The van der Waals surface area contributed by atoms with Crippen LogP contribution in [0.4, 0.5) is 5.82 Å². The number of carbonyl (C=O) groups is 3. The van der Waals surface area contributed by atoms with E-state index in [0.29, 0.717) is 42.1 Å². The number of aromatic nitrogens is 2. The van der Waals surface area contributed by atoms with E-state index in [1.807, 2.05) is 24.3 Å². The maximum atomic E-state index is 12.6. The van der Waals surface area contributed by atoms with E-state index < -0.39 is 5.91 Å². The Morgan fingerprint density at radius 1 is 1.11 bits per heavy atom. The fourth-order valence-corrected chi connectivity index (χ4v) is 4.92. The number of para-hydroxylation sites is 1. The van der Waals surface area contributed by atoms with E-state index in [-0.39, 0.29) is 35.2 Å². The Kier molecular flexibility index (Phi) is 8.30. The highest BCUT2D eigenvalue weighted by Gasteiger charge is 2.32. The zero-order valence-electron chi connectivity index (χ0n) is 21.6. The van der Waals surface area contributed by atoms with Crippen molar-refractivity contribution < 1.29 is 23.9 Å². The Morgan fingerprint density at radius 3 is 2.53 bits per heavy atom. The SMILES string of the molecule is CCOC(=O)[C@H]1CCC[C@H](n2nc(-c3ccc(CNC(=O)c4ccccc4OC)cc3)c(C(N)=O)c2N)C1. The fourth-order valence-electron chi connectivity index (χ4n) is 4.92. The van der Waals surface area contributed by atoms with Gasteiger partial charge in [-0.2, -0.15) is 5.10 Å². The highest BCUT2D eigenvalue weighted by Crippen LogP contribution is 2.37. The van der Waals surface area contributed by atoms with Crippen LogP contribution in [0.25, 0.3) is 11.3 Å². The van der Waals surface area contributed by atoms with Gasteiger partial charge in [-0.25, -0.2) is 4.68 Å². The highest BCUT2D eigenvalue weighted by atomic mass is 16.5. The van der Waals surface area contributed by atoms with E-state index in [0.717, 1.165) is 24.8 Å². The van der Waals surface area contributed by atoms with Gasteiger partial charge in [-0.1, -0.05) is 42.8 Å². The predicted octanol–water partition coefficient (Wildman–Crippen LogP) is 3.46. The molecule has 1 aliphatic rings. The van der Waals surface area contributed by atoms with Crippen LogP contribution in [0.5, 0.6) is 5.75 Å². The van der Waals surface area contributed by atoms with Gasteiger partial charge in [-0.05, 0) is 43.9 Å². The molecule has 4 rings (SSSR count). The van der Waals surface area contributed by atoms with Crippen molar-refractivity contribution in [3.63, 3.8) is 0 Å². The Bertz CT molecular complexity index is 1320. The summed E-state index contributed by atoms with van der Waals surface area (Å²) in [7, 11) is 1.52. The number of nitrogen functional groups attached to an aromatic ring is 1. The number of benzene rings is 2. The van der Waals surface area contributed by atoms with Crippen molar-refractivity contribution in [2.45, 2.75) is 45.2 Å². The summed E-state index contributed by atoms with van der Waals surface area (Å²) in [4.78, 5) is 37.3. The molecule has 3 aromatic rings. The molecule has 0 spiro atoms. The standard InChI is InChI=1S/C28H33N5O5/c1-3-38-28(36)19-7-6-8-20(15-19)33-25(29)23(26(30)34)24(32-33)18-13-11-17(12-14-18)16-31-27(35)21-9-4-5-10-22(21)37-2/h4-5,9-14,19-20H,3,6-8,15-16,29H2,1-2H3,(H2,30,34)(H,31,35)/t19-,20-/m0/s1. The zero-order chi connectivity index (χ0) is 27.2. The van der Waals surface area contributed by atoms with Crippen LogP contribution in [0.15, 0.2) is 48.5 Å². The van der Waals surface area contributed by atoms with E-state index >= 15 is 0 Å². The van der Waals surface area contributed by atoms with Crippen LogP contribution in [0.1, 0.15) is 64.9 Å². The van der Waals surface area contributed by atoms with Crippen molar-refractivity contribution in [1.82, 2.24) is 15.1 Å². The number of anilines is 1. The lowest BCUT2D eigenvalue weighted by molar-refractivity contribution is -0.149. The summed E-state index contributed by atoms with van der Waals surface area (Å²) in [6, 6.07) is 14.2. The van der Waals surface area contributed by atoms with Gasteiger partial charge in [-0.15, -0.1) is 0 Å². The van der Waals surface area contributed by atoms with Gasteiger partial charge in [0.2, 0.25) is 0 Å². The first-order valence-corrected chi connectivity index (χ1v) is 12.7. The molecule has 0 saturated heterocycles. The van der Waals surface area contributed by atoms with E-state index in [4.69, 9.17) is 20.9 Å². The topological polar surface area (TPSA) is 152 Å². The molecule has 1 aromatic heterocycles. The number of nitrogens with two attached hydrogens (primary N) is 2. The average Bonchev–Trinajstić information content (AvgIpc) is 3.29. The molecule has 2 aromatic carbocycles. The van der Waals surface area contributed by atoms with Gasteiger partial charge in [0.1, 0.15) is 22.8 Å². The second-order valence-electron chi connectivity index (χ2n) is 9.27. The molecular formula is C28H33N5O5. The number of hydrogen-bond donors (Lipinski definition) is 3. The molecule has 10 nitrogen and oxygen atoms in total. The summed E-state index contributed by atoms with van der Waals surface area (Å²) in [5.41, 5.74) is 14.6. The molecule has 200 valence electrons. The Balaban J connectivity index is 1.52. The predicted molar refractivity (Wildman–Crippen MR) is 142 cm³/mol. The quantitative estimate of drug-likeness (QED) is 0.366. The van der Waals surface area contributed by atoms with Crippen molar-refractivity contribution in [1.29, 1.82) is 0 Å². The molecule has 1 aliphatic carbocycles. The summed E-state index contributed by atoms with van der Waals surface area (Å²) in [6.45, 7) is 2.42. The molecule has 1 saturated carbocycles. The molecule has 0 radical (unpaired) electrons. The van der Waals surface area contributed by atoms with Gasteiger partial charge in [0.25, 0.3) is 11.8 Å². The molecule has 0 aliphatic heterocycles. The lowest BCUT2D eigenvalue weighted by atomic mass is 9.86. The van der Waals surface area contributed by atoms with Crippen LogP contribution < -0.4 is 21.5 Å². The first-order valence-electron chi connectivity index (χ1n) is 12.7. The number of nitrogens with one attached hydrogen (secondary N) is 1. The zero-order valence-corrected chi connectivity index (χ0v) is 21.6. The second kappa shape index (κ2) is 11.8. The minimum Gasteiger partial charge on any atom is -0.496 e. The number of hydrogen-bond acceptors (Lipinski definition) is 7. The van der Waals surface area contributed by atoms with Crippen LogP contribution in [-0.4, -0.2) is 41.3 Å². The van der Waals surface area contributed by atoms with Crippen molar-refractivity contribution in [2.24, 2.45) is 11.7 Å². The van der Waals surface area contributed by atoms with E-state index in [2.05, 4.69) is 10.4 Å². The Morgan fingerprint density at radius 2 is 1.84 bits per heavy atom. The minimum absolute atomic E-state index is 0.144. The molecule has 0 unspecified atom stereocenters. The molecular weight excluding hydrogens is 486 g/mol. The molecule has 0 bridgehead atoms. The highest BCUT2D eigenvalue weighted by molar-refractivity contribution is 6.03. The van der Waals surface area contributed by atoms with Gasteiger partial charge >= 0.3 is 5.97 Å². The molecule has 1 heterocycles. The first kappa shape index (κ1) is 26.7. The molecule has 1 fully saturated rings. The monoisotopic (exact) mass is 519 g/mol. The Hall–Kier alpha value is -4.34. The molecule has 5 N–H and O–H groups in total. The van der Waals surface area contributed by atoms with E-state index in [9.17, 15) is 14.4 Å². The first-order chi connectivity index (χ1) is 18.3. The third-order valence-corrected chi connectivity index (χ3v) is 6.84. The van der Waals surface area contributed by atoms with Crippen molar-refractivity contribution >= 4 is 23.6 Å². The summed E-state index contributed by atoms with van der Waals surface area (Å²) in [6.07, 6.45) is 2.89. The molecule has 2 amide bonds. The number of methoxy groups -OCH3 is 1. The number of ether oxygens (including phenoxy) is 2. The summed E-state index contributed by atoms with van der Waals surface area (Å²) < 4.78 is 12.1. The number of esters is 1. The molecule has 38 heavy (non-hydrogen) atoms. The van der Waals surface area contributed by atoms with Crippen LogP contribution in [0.2, 0.25) is 0 Å².